The van der Waals surface area contributed by atoms with Crippen molar-refractivity contribution >= 4 is 0 Å². The lowest BCUT2D eigenvalue weighted by Crippen LogP contribution is -2.10. The third kappa shape index (κ3) is 0.595. The van der Waals surface area contributed by atoms with Crippen molar-refractivity contribution in [2.75, 3.05) is 0 Å². The maximum absolute atomic E-state index is 2.41. The summed E-state index contributed by atoms with van der Waals surface area (Å²) in [6, 6.07) is 0. The second-order valence-corrected chi connectivity index (χ2v) is 4.28. The number of fused-ring (bicyclic) bond motifs is 1. The first-order valence-corrected chi connectivity index (χ1v) is 4.22. The Bertz CT molecular complexity index is 126. The molecule has 2 saturated carbocycles. The molecule has 2 fully saturated rings. The molecule has 0 radical (unpaired) electrons. The van der Waals surface area contributed by atoms with Crippen LogP contribution in [0.5, 0.6) is 0 Å². The Kier molecular flexibility index (Phi) is 0.980. The second kappa shape index (κ2) is 1.53. The molecule has 0 amide bonds. The molecule has 0 aromatic heterocycles. The summed E-state index contributed by atoms with van der Waals surface area (Å²) < 4.78 is 0. The Hall–Kier alpha value is 0. The van der Waals surface area contributed by atoms with Crippen LogP contribution in [0.2, 0.25) is 0 Å². The maximum Gasteiger partial charge on any atom is -0.0323 e. The van der Waals surface area contributed by atoms with Gasteiger partial charge in [0.1, 0.15) is 0 Å². The lowest BCUT2D eigenvalue weighted by molar-refractivity contribution is 0.316. The van der Waals surface area contributed by atoms with E-state index in [9.17, 15) is 0 Å². The van der Waals surface area contributed by atoms with Gasteiger partial charge in [0.15, 0.2) is 0 Å². The van der Waals surface area contributed by atoms with E-state index in [1.54, 1.807) is 0 Å². The van der Waals surface area contributed by atoms with E-state index >= 15 is 0 Å². The lowest BCUT2D eigenvalue weighted by atomic mass is 9.87. The number of hydrogen-bond acceptors (Lipinski definition) is 0. The van der Waals surface area contributed by atoms with Crippen LogP contribution in [0.3, 0.4) is 0 Å². The van der Waals surface area contributed by atoms with E-state index in [2.05, 4.69) is 20.8 Å². The first kappa shape index (κ1) is 5.76. The molecule has 0 N–H and O–H groups in total. The lowest BCUT2D eigenvalue weighted by Gasteiger charge is -2.18. The summed E-state index contributed by atoms with van der Waals surface area (Å²) in [6.07, 6.45) is 1.54. The van der Waals surface area contributed by atoms with E-state index in [1.807, 2.05) is 0 Å². The smallest absolute Gasteiger partial charge is 0.0323 e. The van der Waals surface area contributed by atoms with Gasteiger partial charge >= 0.3 is 0 Å². The monoisotopic (exact) mass is 124 g/mol. The van der Waals surface area contributed by atoms with Crippen LogP contribution in [0.4, 0.5) is 0 Å². The van der Waals surface area contributed by atoms with E-state index in [0.717, 1.165) is 23.7 Å². The third-order valence-corrected chi connectivity index (χ3v) is 3.36. The van der Waals surface area contributed by atoms with Gasteiger partial charge in [-0.3, -0.25) is 0 Å². The molecule has 0 aliphatic heterocycles. The van der Waals surface area contributed by atoms with Gasteiger partial charge in [-0.05, 0) is 36.0 Å². The zero-order chi connectivity index (χ0) is 6.59. The highest BCUT2D eigenvalue weighted by molar-refractivity contribution is 5.09. The summed E-state index contributed by atoms with van der Waals surface area (Å²) in [5.74, 6) is 5.48. The minimum absolute atomic E-state index is 0.963. The fourth-order valence-corrected chi connectivity index (χ4v) is 2.87. The van der Waals surface area contributed by atoms with Crippen LogP contribution in [-0.4, -0.2) is 0 Å². The Morgan fingerprint density at radius 1 is 1.33 bits per heavy atom. The van der Waals surface area contributed by atoms with Gasteiger partial charge < -0.3 is 0 Å². The molecule has 0 aromatic carbocycles. The molecular formula is C9H16. The fourth-order valence-electron chi connectivity index (χ4n) is 2.87. The van der Waals surface area contributed by atoms with E-state index < -0.39 is 0 Å². The van der Waals surface area contributed by atoms with Crippen LogP contribution in [0.1, 0.15) is 27.2 Å². The molecule has 0 heterocycles. The van der Waals surface area contributed by atoms with Crippen LogP contribution in [0.25, 0.3) is 0 Å². The summed E-state index contributed by atoms with van der Waals surface area (Å²) in [4.78, 5) is 0. The molecule has 0 aromatic rings. The van der Waals surface area contributed by atoms with Crippen molar-refractivity contribution in [1.82, 2.24) is 0 Å². The molecule has 2 aliphatic rings. The SMILES string of the molecule is CC(C)C1C2CC(C)C21. The van der Waals surface area contributed by atoms with Gasteiger partial charge in [0, 0.05) is 0 Å². The fraction of sp³-hybridized carbons (Fsp3) is 1.00. The van der Waals surface area contributed by atoms with Crippen molar-refractivity contribution in [3.8, 4) is 0 Å². The Balaban J connectivity index is 1.95. The molecule has 0 nitrogen and oxygen atoms in total. The normalized spacial score (nSPS) is 54.7. The minimum Gasteiger partial charge on any atom is -0.0625 e. The predicted octanol–water partition coefficient (Wildman–Crippen LogP) is 2.54. The van der Waals surface area contributed by atoms with Gasteiger partial charge in [0.05, 0.1) is 0 Å². The average Bonchev–Trinajstić information content (AvgIpc) is 2.35. The summed E-state index contributed by atoms with van der Waals surface area (Å²) in [7, 11) is 0. The Morgan fingerprint density at radius 3 is 2.11 bits per heavy atom. The van der Waals surface area contributed by atoms with Crippen molar-refractivity contribution in [1.29, 1.82) is 0 Å². The van der Waals surface area contributed by atoms with Gasteiger partial charge in [-0.15, -0.1) is 0 Å². The number of hydrogen-bond donors (Lipinski definition) is 0. The molecule has 4 unspecified atom stereocenters. The number of rotatable bonds is 1. The van der Waals surface area contributed by atoms with Crippen molar-refractivity contribution in [2.45, 2.75) is 27.2 Å². The van der Waals surface area contributed by atoms with Gasteiger partial charge in [0.2, 0.25) is 0 Å². The summed E-state index contributed by atoms with van der Waals surface area (Å²) in [5, 5.41) is 0. The molecule has 0 heteroatoms. The Labute approximate surface area is 57.6 Å². The van der Waals surface area contributed by atoms with Gasteiger partial charge in [-0.2, -0.15) is 0 Å². The molecule has 9 heavy (non-hydrogen) atoms. The quantitative estimate of drug-likeness (QED) is 0.504. The Morgan fingerprint density at radius 2 is 2.00 bits per heavy atom. The average molecular weight is 124 g/mol. The summed E-state index contributed by atoms with van der Waals surface area (Å²) in [5.41, 5.74) is 0. The summed E-state index contributed by atoms with van der Waals surface area (Å²) >= 11 is 0. The minimum atomic E-state index is 0.963. The maximum atomic E-state index is 2.41. The van der Waals surface area contributed by atoms with E-state index in [1.165, 1.54) is 12.3 Å². The van der Waals surface area contributed by atoms with Gasteiger partial charge in [-0.25, -0.2) is 0 Å². The largest absolute Gasteiger partial charge is 0.0625 e. The molecule has 52 valence electrons. The highest BCUT2D eigenvalue weighted by atomic mass is 14.7. The summed E-state index contributed by atoms with van der Waals surface area (Å²) in [6.45, 7) is 7.15. The predicted molar refractivity (Wildman–Crippen MR) is 39.1 cm³/mol. The molecular weight excluding hydrogens is 108 g/mol. The van der Waals surface area contributed by atoms with Crippen LogP contribution in [0, 0.1) is 29.6 Å². The molecule has 0 bridgehead atoms. The molecule has 0 spiro atoms. The second-order valence-electron chi connectivity index (χ2n) is 4.28. The zero-order valence-corrected chi connectivity index (χ0v) is 6.59. The van der Waals surface area contributed by atoms with Crippen LogP contribution in [0.15, 0.2) is 0 Å². The molecule has 0 saturated heterocycles. The standard InChI is InChI=1S/C9H16/c1-5(2)8-7-4-6(3)9(7)8/h5-9H,4H2,1-3H3. The van der Waals surface area contributed by atoms with Gasteiger partial charge in [0.25, 0.3) is 0 Å². The third-order valence-electron chi connectivity index (χ3n) is 3.36. The molecule has 2 aliphatic carbocycles. The van der Waals surface area contributed by atoms with E-state index in [-0.39, 0.29) is 0 Å². The highest BCUT2D eigenvalue weighted by Crippen LogP contribution is 2.67. The van der Waals surface area contributed by atoms with Crippen molar-refractivity contribution < 1.29 is 0 Å². The first-order valence-electron chi connectivity index (χ1n) is 4.22. The van der Waals surface area contributed by atoms with Gasteiger partial charge in [-0.1, -0.05) is 20.8 Å². The molecule has 2 rings (SSSR count). The van der Waals surface area contributed by atoms with Crippen LogP contribution < -0.4 is 0 Å². The topological polar surface area (TPSA) is 0 Å². The molecule has 4 atom stereocenters. The van der Waals surface area contributed by atoms with E-state index in [4.69, 9.17) is 0 Å². The van der Waals surface area contributed by atoms with Crippen LogP contribution >= 0.6 is 0 Å². The zero-order valence-electron chi connectivity index (χ0n) is 6.59. The van der Waals surface area contributed by atoms with Crippen molar-refractivity contribution in [3.63, 3.8) is 0 Å². The van der Waals surface area contributed by atoms with Crippen molar-refractivity contribution in [2.24, 2.45) is 29.6 Å². The van der Waals surface area contributed by atoms with Crippen molar-refractivity contribution in [3.05, 3.63) is 0 Å². The highest BCUT2D eigenvalue weighted by Gasteiger charge is 2.61. The van der Waals surface area contributed by atoms with Crippen LogP contribution in [-0.2, 0) is 0 Å². The van der Waals surface area contributed by atoms with E-state index in [0.29, 0.717) is 0 Å². The first-order chi connectivity index (χ1) is 4.22.